The smallest absolute Gasteiger partial charge is 0.0590 e. The second-order valence-corrected chi connectivity index (χ2v) is 5.27. The van der Waals surface area contributed by atoms with Crippen LogP contribution in [0, 0.1) is 5.92 Å². The molecule has 0 spiro atoms. The lowest BCUT2D eigenvalue weighted by Gasteiger charge is -2.24. The summed E-state index contributed by atoms with van der Waals surface area (Å²) in [5.41, 5.74) is 0. The quantitative estimate of drug-likeness (QED) is 0.686. The SMILES string of the molecule is CCCNC(CC(C)CC)CC1CCCO1. The van der Waals surface area contributed by atoms with E-state index in [0.717, 1.165) is 19.1 Å². The van der Waals surface area contributed by atoms with Gasteiger partial charge >= 0.3 is 0 Å². The molecular formula is C14H29NO. The highest BCUT2D eigenvalue weighted by Crippen LogP contribution is 2.21. The Kier molecular flexibility index (Phi) is 7.06. The van der Waals surface area contributed by atoms with Crippen LogP contribution in [0.2, 0.25) is 0 Å². The summed E-state index contributed by atoms with van der Waals surface area (Å²) in [5, 5.41) is 3.68. The molecule has 0 aliphatic carbocycles. The van der Waals surface area contributed by atoms with Crippen molar-refractivity contribution in [2.45, 2.75) is 71.4 Å². The third-order valence-corrected chi connectivity index (χ3v) is 3.64. The molecule has 0 bridgehead atoms. The summed E-state index contributed by atoms with van der Waals surface area (Å²) in [6.07, 6.45) is 8.08. The van der Waals surface area contributed by atoms with Crippen LogP contribution in [0.5, 0.6) is 0 Å². The molecule has 0 aromatic rings. The van der Waals surface area contributed by atoms with Gasteiger partial charge in [0.2, 0.25) is 0 Å². The van der Waals surface area contributed by atoms with E-state index < -0.39 is 0 Å². The first-order valence-electron chi connectivity index (χ1n) is 7.11. The van der Waals surface area contributed by atoms with Crippen molar-refractivity contribution in [2.24, 2.45) is 5.92 Å². The van der Waals surface area contributed by atoms with E-state index in [1.807, 2.05) is 0 Å². The fraction of sp³-hybridized carbons (Fsp3) is 1.00. The van der Waals surface area contributed by atoms with Crippen molar-refractivity contribution >= 4 is 0 Å². The summed E-state index contributed by atoms with van der Waals surface area (Å²) in [6, 6.07) is 0.665. The van der Waals surface area contributed by atoms with Crippen LogP contribution in [0.3, 0.4) is 0 Å². The Bertz CT molecular complexity index is 166. The van der Waals surface area contributed by atoms with E-state index in [2.05, 4.69) is 26.1 Å². The maximum absolute atomic E-state index is 5.74. The lowest BCUT2D eigenvalue weighted by molar-refractivity contribution is 0.0917. The highest BCUT2D eigenvalue weighted by atomic mass is 16.5. The molecule has 16 heavy (non-hydrogen) atoms. The van der Waals surface area contributed by atoms with Crippen molar-refractivity contribution in [2.75, 3.05) is 13.2 Å². The molecule has 1 heterocycles. The van der Waals surface area contributed by atoms with Crippen LogP contribution >= 0.6 is 0 Å². The molecule has 1 aliphatic heterocycles. The van der Waals surface area contributed by atoms with Gasteiger partial charge in [-0.3, -0.25) is 0 Å². The van der Waals surface area contributed by atoms with Crippen molar-refractivity contribution in [1.82, 2.24) is 5.32 Å². The molecule has 1 saturated heterocycles. The van der Waals surface area contributed by atoms with Crippen molar-refractivity contribution in [3.63, 3.8) is 0 Å². The van der Waals surface area contributed by atoms with Crippen LogP contribution < -0.4 is 5.32 Å². The van der Waals surface area contributed by atoms with Crippen molar-refractivity contribution < 1.29 is 4.74 Å². The molecule has 3 atom stereocenters. The number of nitrogens with one attached hydrogen (secondary N) is 1. The van der Waals surface area contributed by atoms with Gasteiger partial charge in [-0.2, -0.15) is 0 Å². The van der Waals surface area contributed by atoms with Gasteiger partial charge < -0.3 is 10.1 Å². The molecule has 1 rings (SSSR count). The molecule has 0 amide bonds. The molecule has 2 nitrogen and oxygen atoms in total. The standard InChI is InChI=1S/C14H29NO/c1-4-8-15-13(10-12(3)5-2)11-14-7-6-9-16-14/h12-15H,4-11H2,1-3H3. The first-order chi connectivity index (χ1) is 7.76. The Morgan fingerprint density at radius 1 is 1.38 bits per heavy atom. The average molecular weight is 227 g/mol. The molecule has 0 aromatic carbocycles. The van der Waals surface area contributed by atoms with Gasteiger partial charge in [-0.1, -0.05) is 27.2 Å². The van der Waals surface area contributed by atoms with E-state index in [1.54, 1.807) is 0 Å². The van der Waals surface area contributed by atoms with Gasteiger partial charge in [0.15, 0.2) is 0 Å². The third-order valence-electron chi connectivity index (χ3n) is 3.64. The summed E-state index contributed by atoms with van der Waals surface area (Å²) >= 11 is 0. The van der Waals surface area contributed by atoms with Gasteiger partial charge in [-0.05, 0) is 44.6 Å². The van der Waals surface area contributed by atoms with E-state index in [9.17, 15) is 0 Å². The molecule has 0 saturated carbocycles. The molecular weight excluding hydrogens is 198 g/mol. The highest BCUT2D eigenvalue weighted by molar-refractivity contribution is 4.76. The number of rotatable bonds is 8. The van der Waals surface area contributed by atoms with Gasteiger partial charge in [0.1, 0.15) is 0 Å². The maximum Gasteiger partial charge on any atom is 0.0590 e. The van der Waals surface area contributed by atoms with Crippen LogP contribution in [0.4, 0.5) is 0 Å². The Labute approximate surface area is 101 Å². The predicted molar refractivity (Wildman–Crippen MR) is 69.7 cm³/mol. The van der Waals surface area contributed by atoms with Gasteiger partial charge in [0.05, 0.1) is 6.10 Å². The fourth-order valence-corrected chi connectivity index (χ4v) is 2.41. The molecule has 0 aromatic heterocycles. The average Bonchev–Trinajstić information content (AvgIpc) is 2.78. The molecule has 2 heteroatoms. The van der Waals surface area contributed by atoms with E-state index in [-0.39, 0.29) is 0 Å². The van der Waals surface area contributed by atoms with Crippen LogP contribution in [-0.4, -0.2) is 25.3 Å². The highest BCUT2D eigenvalue weighted by Gasteiger charge is 2.21. The molecule has 1 N–H and O–H groups in total. The lowest BCUT2D eigenvalue weighted by atomic mass is 9.94. The monoisotopic (exact) mass is 227 g/mol. The summed E-state index contributed by atoms with van der Waals surface area (Å²) in [7, 11) is 0. The van der Waals surface area contributed by atoms with E-state index >= 15 is 0 Å². The first-order valence-corrected chi connectivity index (χ1v) is 7.11. The van der Waals surface area contributed by atoms with Crippen LogP contribution in [0.15, 0.2) is 0 Å². The Morgan fingerprint density at radius 2 is 2.19 bits per heavy atom. The summed E-state index contributed by atoms with van der Waals surface area (Å²) in [5.74, 6) is 0.829. The normalized spacial score (nSPS) is 24.6. The zero-order valence-corrected chi connectivity index (χ0v) is 11.3. The number of hydrogen-bond acceptors (Lipinski definition) is 2. The van der Waals surface area contributed by atoms with Crippen LogP contribution in [0.1, 0.15) is 59.3 Å². The number of ether oxygens (including phenoxy) is 1. The van der Waals surface area contributed by atoms with Crippen molar-refractivity contribution in [1.29, 1.82) is 0 Å². The Hall–Kier alpha value is -0.0800. The second kappa shape index (κ2) is 8.08. The van der Waals surface area contributed by atoms with Gasteiger partial charge in [-0.15, -0.1) is 0 Å². The molecule has 96 valence electrons. The van der Waals surface area contributed by atoms with E-state index in [1.165, 1.54) is 38.5 Å². The van der Waals surface area contributed by atoms with E-state index in [4.69, 9.17) is 4.74 Å². The predicted octanol–water partition coefficient (Wildman–Crippen LogP) is 3.36. The minimum Gasteiger partial charge on any atom is -0.378 e. The summed E-state index contributed by atoms with van der Waals surface area (Å²) in [4.78, 5) is 0. The Balaban J connectivity index is 2.29. The minimum absolute atomic E-state index is 0.526. The van der Waals surface area contributed by atoms with Crippen LogP contribution in [0.25, 0.3) is 0 Å². The topological polar surface area (TPSA) is 21.3 Å². The van der Waals surface area contributed by atoms with Gasteiger partial charge in [0, 0.05) is 12.6 Å². The van der Waals surface area contributed by atoms with Gasteiger partial charge in [0.25, 0.3) is 0 Å². The van der Waals surface area contributed by atoms with E-state index in [0.29, 0.717) is 12.1 Å². The van der Waals surface area contributed by atoms with Gasteiger partial charge in [-0.25, -0.2) is 0 Å². The second-order valence-electron chi connectivity index (χ2n) is 5.27. The minimum atomic E-state index is 0.526. The zero-order valence-electron chi connectivity index (χ0n) is 11.3. The number of hydrogen-bond donors (Lipinski definition) is 1. The molecule has 0 radical (unpaired) electrons. The molecule has 1 aliphatic rings. The fourth-order valence-electron chi connectivity index (χ4n) is 2.41. The van der Waals surface area contributed by atoms with Crippen molar-refractivity contribution in [3.05, 3.63) is 0 Å². The maximum atomic E-state index is 5.74. The summed E-state index contributed by atoms with van der Waals surface area (Å²) < 4.78 is 5.74. The van der Waals surface area contributed by atoms with Crippen molar-refractivity contribution in [3.8, 4) is 0 Å². The Morgan fingerprint density at radius 3 is 2.75 bits per heavy atom. The molecule has 1 fully saturated rings. The third kappa shape index (κ3) is 5.31. The largest absolute Gasteiger partial charge is 0.378 e. The molecule has 3 unspecified atom stereocenters. The first kappa shape index (κ1) is 14.0. The lowest BCUT2D eigenvalue weighted by Crippen LogP contribution is -2.34. The zero-order chi connectivity index (χ0) is 11.8. The summed E-state index contributed by atoms with van der Waals surface area (Å²) in [6.45, 7) is 9.01. The van der Waals surface area contributed by atoms with Crippen LogP contribution in [-0.2, 0) is 4.74 Å².